The van der Waals surface area contributed by atoms with E-state index in [0.717, 1.165) is 24.5 Å². The molecule has 0 aliphatic carbocycles. The van der Waals surface area contributed by atoms with E-state index in [9.17, 15) is 4.79 Å². The van der Waals surface area contributed by atoms with Gasteiger partial charge in [-0.3, -0.25) is 4.79 Å². The van der Waals surface area contributed by atoms with E-state index in [2.05, 4.69) is 27.4 Å². The average Bonchev–Trinajstić information content (AvgIpc) is 3.20. The van der Waals surface area contributed by atoms with Crippen LogP contribution in [0, 0.1) is 0 Å². The van der Waals surface area contributed by atoms with Crippen LogP contribution in [0.5, 0.6) is 0 Å². The standard InChI is InChI=1S/C21H21ClN4O/c22-17-5-4-6-20(13-17)26-15-16(14-23-26)21(27)24-18-7-9-19(10-8-18)25-11-2-1-3-12-25/h4-10,13-15H,1-3,11-12H2,(H,24,27). The molecule has 1 aliphatic heterocycles. The van der Waals surface area contributed by atoms with Gasteiger partial charge in [-0.2, -0.15) is 5.10 Å². The lowest BCUT2D eigenvalue weighted by Crippen LogP contribution is -2.29. The van der Waals surface area contributed by atoms with Crippen LogP contribution in [0.2, 0.25) is 5.02 Å². The number of halogens is 1. The zero-order valence-electron chi connectivity index (χ0n) is 14.9. The molecule has 0 radical (unpaired) electrons. The number of aromatic nitrogens is 2. The van der Waals surface area contributed by atoms with Crippen molar-refractivity contribution in [1.29, 1.82) is 0 Å². The topological polar surface area (TPSA) is 50.2 Å². The third kappa shape index (κ3) is 4.14. The fourth-order valence-electron chi connectivity index (χ4n) is 3.31. The first-order chi connectivity index (χ1) is 13.2. The van der Waals surface area contributed by atoms with E-state index in [0.29, 0.717) is 10.6 Å². The zero-order chi connectivity index (χ0) is 18.6. The molecule has 0 unspecified atom stereocenters. The van der Waals surface area contributed by atoms with Crippen molar-refractivity contribution in [1.82, 2.24) is 9.78 Å². The quantitative estimate of drug-likeness (QED) is 0.709. The highest BCUT2D eigenvalue weighted by atomic mass is 35.5. The van der Waals surface area contributed by atoms with Crippen LogP contribution in [-0.2, 0) is 0 Å². The van der Waals surface area contributed by atoms with E-state index in [-0.39, 0.29) is 5.91 Å². The van der Waals surface area contributed by atoms with Crippen LogP contribution in [0.25, 0.3) is 5.69 Å². The Labute approximate surface area is 163 Å². The summed E-state index contributed by atoms with van der Waals surface area (Å²) in [7, 11) is 0. The molecule has 2 heterocycles. The average molecular weight is 381 g/mol. The molecule has 138 valence electrons. The molecule has 1 aliphatic rings. The monoisotopic (exact) mass is 380 g/mol. The van der Waals surface area contributed by atoms with Crippen molar-refractivity contribution in [3.63, 3.8) is 0 Å². The molecule has 0 bridgehead atoms. The Balaban J connectivity index is 1.43. The van der Waals surface area contributed by atoms with Gasteiger partial charge in [0.15, 0.2) is 0 Å². The largest absolute Gasteiger partial charge is 0.372 e. The van der Waals surface area contributed by atoms with Crippen molar-refractivity contribution in [2.75, 3.05) is 23.3 Å². The van der Waals surface area contributed by atoms with Gasteiger partial charge in [-0.05, 0) is 61.7 Å². The maximum Gasteiger partial charge on any atom is 0.258 e. The molecular formula is C21H21ClN4O. The summed E-state index contributed by atoms with van der Waals surface area (Å²) in [6, 6.07) is 15.4. The van der Waals surface area contributed by atoms with E-state index in [1.54, 1.807) is 29.2 Å². The fraction of sp³-hybridized carbons (Fsp3) is 0.238. The summed E-state index contributed by atoms with van der Waals surface area (Å²) in [5.74, 6) is -0.186. The summed E-state index contributed by atoms with van der Waals surface area (Å²) in [5.41, 5.74) is 3.29. The Morgan fingerprint density at radius 3 is 2.52 bits per heavy atom. The van der Waals surface area contributed by atoms with Crippen LogP contribution >= 0.6 is 11.6 Å². The molecule has 27 heavy (non-hydrogen) atoms. The minimum Gasteiger partial charge on any atom is -0.372 e. The molecule has 1 saturated heterocycles. The molecular weight excluding hydrogens is 360 g/mol. The molecule has 1 N–H and O–H groups in total. The Hall–Kier alpha value is -2.79. The molecule has 1 amide bonds. The summed E-state index contributed by atoms with van der Waals surface area (Å²) < 4.78 is 1.64. The highest BCUT2D eigenvalue weighted by molar-refractivity contribution is 6.30. The normalized spacial score (nSPS) is 14.2. The Morgan fingerprint density at radius 2 is 1.78 bits per heavy atom. The summed E-state index contributed by atoms with van der Waals surface area (Å²) >= 11 is 6.02. The number of nitrogens with zero attached hydrogens (tertiary/aromatic N) is 3. The van der Waals surface area contributed by atoms with E-state index in [1.165, 1.54) is 24.9 Å². The number of benzene rings is 2. The van der Waals surface area contributed by atoms with Crippen LogP contribution < -0.4 is 10.2 Å². The van der Waals surface area contributed by atoms with Crippen LogP contribution in [0.1, 0.15) is 29.6 Å². The zero-order valence-corrected chi connectivity index (χ0v) is 15.7. The first kappa shape index (κ1) is 17.6. The van der Waals surface area contributed by atoms with Gasteiger partial charge in [0.1, 0.15) is 0 Å². The van der Waals surface area contributed by atoms with Crippen molar-refractivity contribution in [3.8, 4) is 5.69 Å². The van der Waals surface area contributed by atoms with E-state index in [1.807, 2.05) is 24.3 Å². The Bertz CT molecular complexity index is 929. The maximum absolute atomic E-state index is 12.5. The number of carbonyl (C=O) groups excluding carboxylic acids is 1. The smallest absolute Gasteiger partial charge is 0.258 e. The molecule has 2 aromatic carbocycles. The van der Waals surface area contributed by atoms with Crippen molar-refractivity contribution >= 4 is 28.9 Å². The van der Waals surface area contributed by atoms with Crippen LogP contribution in [-0.4, -0.2) is 28.8 Å². The van der Waals surface area contributed by atoms with E-state index < -0.39 is 0 Å². The molecule has 1 fully saturated rings. The van der Waals surface area contributed by atoms with Gasteiger partial charge in [-0.15, -0.1) is 0 Å². The lowest BCUT2D eigenvalue weighted by Gasteiger charge is -2.28. The highest BCUT2D eigenvalue weighted by Gasteiger charge is 2.12. The number of piperidine rings is 1. The van der Waals surface area contributed by atoms with Gasteiger partial charge in [0.05, 0.1) is 17.4 Å². The number of hydrogen-bond donors (Lipinski definition) is 1. The van der Waals surface area contributed by atoms with Gasteiger partial charge in [-0.25, -0.2) is 4.68 Å². The molecule has 3 aromatic rings. The molecule has 4 rings (SSSR count). The maximum atomic E-state index is 12.5. The van der Waals surface area contributed by atoms with Gasteiger partial charge >= 0.3 is 0 Å². The number of hydrogen-bond acceptors (Lipinski definition) is 3. The lowest BCUT2D eigenvalue weighted by molar-refractivity contribution is 0.102. The predicted molar refractivity (Wildman–Crippen MR) is 109 cm³/mol. The Kier molecular flexibility index (Phi) is 5.12. The first-order valence-corrected chi connectivity index (χ1v) is 9.54. The van der Waals surface area contributed by atoms with Crippen LogP contribution in [0.4, 0.5) is 11.4 Å². The number of anilines is 2. The summed E-state index contributed by atoms with van der Waals surface area (Å²) in [6.07, 6.45) is 7.05. The van der Waals surface area contributed by atoms with Gasteiger partial charge in [-0.1, -0.05) is 17.7 Å². The summed E-state index contributed by atoms with van der Waals surface area (Å²) in [4.78, 5) is 14.9. The van der Waals surface area contributed by atoms with Crippen molar-refractivity contribution < 1.29 is 4.79 Å². The van der Waals surface area contributed by atoms with Gasteiger partial charge < -0.3 is 10.2 Å². The number of amides is 1. The second kappa shape index (κ2) is 7.84. The van der Waals surface area contributed by atoms with Gasteiger partial charge in [0.2, 0.25) is 0 Å². The van der Waals surface area contributed by atoms with E-state index >= 15 is 0 Å². The molecule has 6 heteroatoms. The summed E-state index contributed by atoms with van der Waals surface area (Å²) in [5, 5.41) is 7.81. The molecule has 0 spiro atoms. The second-order valence-electron chi connectivity index (χ2n) is 6.70. The molecule has 5 nitrogen and oxygen atoms in total. The van der Waals surface area contributed by atoms with Gasteiger partial charge in [0, 0.05) is 35.7 Å². The fourth-order valence-corrected chi connectivity index (χ4v) is 3.50. The van der Waals surface area contributed by atoms with E-state index in [4.69, 9.17) is 11.6 Å². The minimum absolute atomic E-state index is 0.186. The number of nitrogens with one attached hydrogen (secondary N) is 1. The highest BCUT2D eigenvalue weighted by Crippen LogP contribution is 2.22. The molecule has 1 aromatic heterocycles. The van der Waals surface area contributed by atoms with Crippen LogP contribution in [0.3, 0.4) is 0 Å². The third-order valence-electron chi connectivity index (χ3n) is 4.76. The lowest BCUT2D eigenvalue weighted by atomic mass is 10.1. The number of rotatable bonds is 4. The van der Waals surface area contributed by atoms with Crippen LogP contribution in [0.15, 0.2) is 60.9 Å². The molecule has 0 saturated carbocycles. The minimum atomic E-state index is -0.186. The number of carbonyl (C=O) groups is 1. The summed E-state index contributed by atoms with van der Waals surface area (Å²) in [6.45, 7) is 2.21. The van der Waals surface area contributed by atoms with Gasteiger partial charge in [0.25, 0.3) is 5.91 Å². The predicted octanol–water partition coefficient (Wildman–Crippen LogP) is 4.77. The van der Waals surface area contributed by atoms with Crippen molar-refractivity contribution in [2.45, 2.75) is 19.3 Å². The SMILES string of the molecule is O=C(Nc1ccc(N2CCCCC2)cc1)c1cnn(-c2cccc(Cl)c2)c1. The Morgan fingerprint density at radius 1 is 1.00 bits per heavy atom. The van der Waals surface area contributed by atoms with Crippen molar-refractivity contribution in [2.24, 2.45) is 0 Å². The second-order valence-corrected chi connectivity index (χ2v) is 7.14. The first-order valence-electron chi connectivity index (χ1n) is 9.16. The third-order valence-corrected chi connectivity index (χ3v) is 5.00. The van der Waals surface area contributed by atoms with Crippen molar-refractivity contribution in [3.05, 3.63) is 71.5 Å². The molecule has 0 atom stereocenters.